The number of pyridine rings is 1. The van der Waals surface area contributed by atoms with Crippen molar-refractivity contribution in [2.24, 2.45) is 0 Å². The molecular weight excluding hydrogens is 485 g/mol. The van der Waals surface area contributed by atoms with Crippen molar-refractivity contribution in [3.8, 4) is 0 Å². The van der Waals surface area contributed by atoms with Crippen molar-refractivity contribution in [1.29, 1.82) is 0 Å². The topological polar surface area (TPSA) is 50.2 Å². The van der Waals surface area contributed by atoms with Crippen molar-refractivity contribution in [3.63, 3.8) is 0 Å². The molecule has 1 aromatic rings. The molecule has 0 bridgehead atoms. The van der Waals surface area contributed by atoms with Gasteiger partial charge in [-0.1, -0.05) is 0 Å². The highest BCUT2D eigenvalue weighted by Gasteiger charge is 2.18. The van der Waals surface area contributed by atoms with E-state index in [-0.39, 0.29) is 5.56 Å². The lowest BCUT2D eigenvalue weighted by Crippen LogP contribution is -2.03. The van der Waals surface area contributed by atoms with E-state index in [0.29, 0.717) is 13.7 Å². The Balaban J connectivity index is 3.53. The molecule has 0 saturated carbocycles. The van der Waals surface area contributed by atoms with Gasteiger partial charge in [-0.2, -0.15) is 0 Å². The molecular formula is C6HBr3INO2. The van der Waals surface area contributed by atoms with E-state index < -0.39 is 5.97 Å². The number of carbonyl (C=O) groups is 1. The molecule has 13 heavy (non-hydrogen) atoms. The van der Waals surface area contributed by atoms with Crippen LogP contribution in [0.3, 0.4) is 0 Å². The molecule has 0 spiro atoms. The summed E-state index contributed by atoms with van der Waals surface area (Å²) in [6, 6.07) is 0. The van der Waals surface area contributed by atoms with E-state index in [1.54, 1.807) is 0 Å². The van der Waals surface area contributed by atoms with Crippen LogP contribution in [0.4, 0.5) is 0 Å². The molecule has 0 amide bonds. The van der Waals surface area contributed by atoms with Gasteiger partial charge in [0.15, 0.2) is 0 Å². The Morgan fingerprint density at radius 1 is 1.31 bits per heavy atom. The van der Waals surface area contributed by atoms with Crippen molar-refractivity contribution in [1.82, 2.24) is 4.98 Å². The molecule has 1 heterocycles. The fraction of sp³-hybridized carbons (Fsp3) is 0. The zero-order valence-corrected chi connectivity index (χ0v) is 12.7. The summed E-state index contributed by atoms with van der Waals surface area (Å²) in [6.07, 6.45) is 0. The van der Waals surface area contributed by atoms with Gasteiger partial charge in [-0.15, -0.1) is 0 Å². The highest BCUT2D eigenvalue weighted by atomic mass is 127. The van der Waals surface area contributed by atoms with Crippen LogP contribution in [-0.4, -0.2) is 16.1 Å². The summed E-state index contributed by atoms with van der Waals surface area (Å²) in [5, 5.41) is 8.84. The molecule has 0 atom stereocenters. The third-order valence-corrected chi connectivity index (χ3v) is 5.68. The number of carboxylic acids is 1. The van der Waals surface area contributed by atoms with Crippen molar-refractivity contribution < 1.29 is 9.90 Å². The van der Waals surface area contributed by atoms with Crippen LogP contribution in [0.25, 0.3) is 0 Å². The summed E-state index contributed by atoms with van der Waals surface area (Å²) >= 11 is 11.5. The number of rotatable bonds is 1. The second kappa shape index (κ2) is 4.54. The Bertz CT molecular complexity index is 383. The average Bonchev–Trinajstić information content (AvgIpc) is 1.99. The van der Waals surface area contributed by atoms with Crippen LogP contribution in [-0.2, 0) is 0 Å². The largest absolute Gasteiger partial charge is 0.478 e. The van der Waals surface area contributed by atoms with Crippen LogP contribution in [0.5, 0.6) is 0 Å². The molecule has 0 aromatic carbocycles. The third kappa shape index (κ3) is 2.42. The lowest BCUT2D eigenvalue weighted by Gasteiger charge is -2.05. The number of hydrogen-bond donors (Lipinski definition) is 1. The summed E-state index contributed by atoms with van der Waals surface area (Å²) in [7, 11) is 0. The molecule has 0 radical (unpaired) electrons. The smallest absolute Gasteiger partial charge is 0.339 e. The van der Waals surface area contributed by atoms with E-state index in [9.17, 15) is 4.79 Å². The monoisotopic (exact) mass is 483 g/mol. The van der Waals surface area contributed by atoms with Crippen LogP contribution < -0.4 is 0 Å². The molecule has 0 aliphatic heterocycles. The quantitative estimate of drug-likeness (QED) is 0.488. The van der Waals surface area contributed by atoms with Gasteiger partial charge >= 0.3 is 5.97 Å². The van der Waals surface area contributed by atoms with Crippen molar-refractivity contribution in [3.05, 3.63) is 22.8 Å². The van der Waals surface area contributed by atoms with Gasteiger partial charge in [0, 0.05) is 0 Å². The Hall–Kier alpha value is 0.790. The zero-order valence-electron chi connectivity index (χ0n) is 5.81. The number of nitrogens with zero attached hydrogens (tertiary/aromatic N) is 1. The van der Waals surface area contributed by atoms with Crippen LogP contribution in [0, 0.1) is 3.57 Å². The first-order valence-electron chi connectivity index (χ1n) is 2.88. The van der Waals surface area contributed by atoms with E-state index >= 15 is 0 Å². The van der Waals surface area contributed by atoms with Gasteiger partial charge < -0.3 is 5.11 Å². The Labute approximate surface area is 113 Å². The Kier molecular flexibility index (Phi) is 4.14. The average molecular weight is 486 g/mol. The van der Waals surface area contributed by atoms with Gasteiger partial charge in [0.25, 0.3) is 0 Å². The molecule has 0 unspecified atom stereocenters. The number of hydrogen-bond acceptors (Lipinski definition) is 2. The van der Waals surface area contributed by atoms with E-state index in [4.69, 9.17) is 5.11 Å². The number of aromatic carboxylic acids is 1. The lowest BCUT2D eigenvalue weighted by molar-refractivity contribution is 0.0694. The predicted molar refractivity (Wildman–Crippen MR) is 67.0 cm³/mol. The van der Waals surface area contributed by atoms with Crippen LogP contribution in [0.15, 0.2) is 13.7 Å². The molecule has 0 saturated heterocycles. The lowest BCUT2D eigenvalue weighted by atomic mass is 10.3. The van der Waals surface area contributed by atoms with Crippen LogP contribution in [0.2, 0.25) is 0 Å². The minimum absolute atomic E-state index is 0.132. The fourth-order valence-electron chi connectivity index (χ4n) is 0.664. The number of aromatic nitrogens is 1. The molecule has 0 aliphatic rings. The van der Waals surface area contributed by atoms with Gasteiger partial charge in [0.1, 0.15) is 14.8 Å². The van der Waals surface area contributed by atoms with Crippen molar-refractivity contribution >= 4 is 76.4 Å². The standard InChI is InChI=1S/C6HBr3INO2/c7-2-1(6(12)13)4(8)11-5(9)3(2)10/h(H,12,13). The number of halogens is 4. The second-order valence-electron chi connectivity index (χ2n) is 2.00. The van der Waals surface area contributed by atoms with Crippen LogP contribution in [0.1, 0.15) is 10.4 Å². The molecule has 3 nitrogen and oxygen atoms in total. The Morgan fingerprint density at radius 2 is 1.85 bits per heavy atom. The number of carboxylic acid groups (broad SMARTS) is 1. The maximum absolute atomic E-state index is 10.8. The summed E-state index contributed by atoms with van der Waals surface area (Å²) in [6.45, 7) is 0. The molecule has 7 heteroatoms. The first-order valence-corrected chi connectivity index (χ1v) is 6.34. The van der Waals surface area contributed by atoms with Crippen molar-refractivity contribution in [2.45, 2.75) is 0 Å². The molecule has 1 aromatic heterocycles. The summed E-state index contributed by atoms with van der Waals surface area (Å²) in [5.74, 6) is -1.02. The normalized spacial score (nSPS) is 10.2. The summed E-state index contributed by atoms with van der Waals surface area (Å²) < 4.78 is 2.17. The predicted octanol–water partition coefficient (Wildman–Crippen LogP) is 3.67. The van der Waals surface area contributed by atoms with Crippen molar-refractivity contribution in [2.75, 3.05) is 0 Å². The van der Waals surface area contributed by atoms with E-state index in [2.05, 4.69) is 52.8 Å². The first-order chi connectivity index (χ1) is 5.95. The van der Waals surface area contributed by atoms with Gasteiger partial charge in [-0.3, -0.25) is 0 Å². The Morgan fingerprint density at radius 3 is 2.31 bits per heavy atom. The maximum Gasteiger partial charge on any atom is 0.339 e. The van der Waals surface area contributed by atoms with Gasteiger partial charge in [-0.05, 0) is 70.4 Å². The minimum atomic E-state index is -1.02. The minimum Gasteiger partial charge on any atom is -0.478 e. The summed E-state index contributed by atoms with van der Waals surface area (Å²) in [5.41, 5.74) is 0.132. The third-order valence-electron chi connectivity index (χ3n) is 1.21. The molecule has 1 rings (SSSR count). The SMILES string of the molecule is O=C(O)c1c(Br)nc(Br)c(I)c1Br. The highest BCUT2D eigenvalue weighted by Crippen LogP contribution is 2.32. The fourth-order valence-corrected chi connectivity index (χ4v) is 3.29. The molecule has 0 aliphatic carbocycles. The zero-order chi connectivity index (χ0) is 10.2. The molecule has 70 valence electrons. The van der Waals surface area contributed by atoms with E-state index in [1.165, 1.54) is 0 Å². The van der Waals surface area contributed by atoms with Gasteiger partial charge in [-0.25, -0.2) is 9.78 Å². The van der Waals surface area contributed by atoms with E-state index in [1.807, 2.05) is 22.6 Å². The van der Waals surface area contributed by atoms with Gasteiger partial charge in [0.05, 0.1) is 8.04 Å². The molecule has 0 fully saturated rings. The second-order valence-corrected chi connectivity index (χ2v) is 5.38. The van der Waals surface area contributed by atoms with Gasteiger partial charge in [0.2, 0.25) is 0 Å². The van der Waals surface area contributed by atoms with Crippen LogP contribution >= 0.6 is 70.4 Å². The maximum atomic E-state index is 10.8. The molecule has 1 N–H and O–H groups in total. The van der Waals surface area contributed by atoms with E-state index in [0.717, 1.165) is 3.57 Å². The summed E-state index contributed by atoms with van der Waals surface area (Å²) in [4.78, 5) is 14.8. The first kappa shape index (κ1) is 11.9. The highest BCUT2D eigenvalue weighted by molar-refractivity contribution is 14.1.